The first-order valence-corrected chi connectivity index (χ1v) is 6.26. The molecule has 0 saturated carbocycles. The molecule has 1 heterocycles. The number of hydrogen-bond donors (Lipinski definition) is 1. The number of nitrogen functional groups attached to an aromatic ring is 1. The van der Waals surface area contributed by atoms with E-state index < -0.39 is 0 Å². The Hall–Kier alpha value is -1.61. The smallest absolute Gasteiger partial charge is 0.134 e. The molecule has 1 aliphatic rings. The lowest BCUT2D eigenvalue weighted by Crippen LogP contribution is -1.96. The van der Waals surface area contributed by atoms with Crippen LogP contribution in [0, 0.1) is 5.82 Å². The summed E-state index contributed by atoms with van der Waals surface area (Å²) in [6.45, 7) is 0. The van der Waals surface area contributed by atoms with Crippen LogP contribution in [0.1, 0.15) is 17.5 Å². The van der Waals surface area contributed by atoms with Crippen molar-refractivity contribution in [1.29, 1.82) is 0 Å². The molecular weight excluding hydrogens is 251 g/mol. The highest BCUT2D eigenvalue weighted by Gasteiger charge is 2.19. The quantitative estimate of drug-likeness (QED) is 0.853. The first-order chi connectivity index (χ1) is 8.66. The van der Waals surface area contributed by atoms with E-state index in [1.54, 1.807) is 12.1 Å². The zero-order chi connectivity index (χ0) is 12.7. The van der Waals surface area contributed by atoms with Gasteiger partial charge in [-0.05, 0) is 36.5 Å². The van der Waals surface area contributed by atoms with E-state index in [9.17, 15) is 4.39 Å². The maximum absolute atomic E-state index is 14.5. The van der Waals surface area contributed by atoms with E-state index in [0.29, 0.717) is 22.0 Å². The van der Waals surface area contributed by atoms with E-state index in [4.69, 9.17) is 17.3 Å². The Balaban J connectivity index is 2.21. The number of pyridine rings is 1. The van der Waals surface area contributed by atoms with Crippen molar-refractivity contribution in [3.05, 3.63) is 46.4 Å². The van der Waals surface area contributed by atoms with Crippen LogP contribution in [0.5, 0.6) is 0 Å². The van der Waals surface area contributed by atoms with Crippen LogP contribution in [0.4, 0.5) is 10.2 Å². The molecule has 1 aromatic carbocycles. The van der Waals surface area contributed by atoms with Gasteiger partial charge in [-0.3, -0.25) is 0 Å². The van der Waals surface area contributed by atoms with Crippen LogP contribution in [-0.4, -0.2) is 4.98 Å². The number of benzene rings is 1. The Morgan fingerprint density at radius 1 is 1.22 bits per heavy atom. The molecule has 3 rings (SSSR count). The summed E-state index contributed by atoms with van der Waals surface area (Å²) in [4.78, 5) is 3.89. The average Bonchev–Trinajstić information content (AvgIpc) is 2.82. The number of aromatic nitrogens is 1. The third-order valence-corrected chi connectivity index (χ3v) is 3.68. The topological polar surface area (TPSA) is 38.9 Å². The normalized spacial score (nSPS) is 13.7. The predicted molar refractivity (Wildman–Crippen MR) is 71.1 cm³/mol. The zero-order valence-corrected chi connectivity index (χ0v) is 10.5. The van der Waals surface area contributed by atoms with Gasteiger partial charge in [0, 0.05) is 17.3 Å². The molecule has 18 heavy (non-hydrogen) atoms. The summed E-state index contributed by atoms with van der Waals surface area (Å²) >= 11 is 6.07. The minimum Gasteiger partial charge on any atom is -0.384 e. The Morgan fingerprint density at radius 3 is 2.89 bits per heavy atom. The van der Waals surface area contributed by atoms with Crippen LogP contribution >= 0.6 is 11.6 Å². The summed E-state index contributed by atoms with van der Waals surface area (Å²) in [5, 5.41) is 0.418. The van der Waals surface area contributed by atoms with Crippen LogP contribution in [0.3, 0.4) is 0 Å². The lowest BCUT2D eigenvalue weighted by Gasteiger charge is -2.10. The SMILES string of the molecule is Nc1cc(-c2ccc3c(c2F)CCC3)c(Cl)cn1. The number of nitrogens with zero attached hydrogens (tertiary/aromatic N) is 1. The summed E-state index contributed by atoms with van der Waals surface area (Å²) in [5.74, 6) is 0.173. The van der Waals surface area contributed by atoms with E-state index in [-0.39, 0.29) is 5.82 Å². The number of anilines is 1. The third kappa shape index (κ3) is 1.75. The second kappa shape index (κ2) is 4.25. The molecule has 0 radical (unpaired) electrons. The van der Waals surface area contributed by atoms with Crippen molar-refractivity contribution < 1.29 is 4.39 Å². The molecule has 0 spiro atoms. The third-order valence-electron chi connectivity index (χ3n) is 3.38. The van der Waals surface area contributed by atoms with Gasteiger partial charge in [0.2, 0.25) is 0 Å². The van der Waals surface area contributed by atoms with Gasteiger partial charge in [0.25, 0.3) is 0 Å². The zero-order valence-electron chi connectivity index (χ0n) is 9.71. The van der Waals surface area contributed by atoms with Gasteiger partial charge in [-0.15, -0.1) is 0 Å². The summed E-state index contributed by atoms with van der Waals surface area (Å²) in [6.07, 6.45) is 4.23. The van der Waals surface area contributed by atoms with Gasteiger partial charge in [0.1, 0.15) is 11.6 Å². The van der Waals surface area contributed by atoms with Gasteiger partial charge in [-0.1, -0.05) is 23.7 Å². The number of halogens is 2. The van der Waals surface area contributed by atoms with Crippen molar-refractivity contribution in [3.63, 3.8) is 0 Å². The summed E-state index contributed by atoms with van der Waals surface area (Å²) in [5.41, 5.74) is 8.68. The van der Waals surface area contributed by atoms with Crippen LogP contribution in [-0.2, 0) is 12.8 Å². The van der Waals surface area contributed by atoms with Crippen molar-refractivity contribution in [3.8, 4) is 11.1 Å². The van der Waals surface area contributed by atoms with Gasteiger partial charge in [0.05, 0.1) is 5.02 Å². The van der Waals surface area contributed by atoms with Gasteiger partial charge < -0.3 is 5.73 Å². The Bertz CT molecular complexity index is 625. The van der Waals surface area contributed by atoms with Crippen LogP contribution < -0.4 is 5.73 Å². The maximum Gasteiger partial charge on any atom is 0.134 e. The average molecular weight is 263 g/mol. The molecule has 0 bridgehead atoms. The van der Waals surface area contributed by atoms with Crippen LogP contribution in [0.25, 0.3) is 11.1 Å². The van der Waals surface area contributed by atoms with E-state index >= 15 is 0 Å². The van der Waals surface area contributed by atoms with Gasteiger partial charge in [0.15, 0.2) is 0 Å². The summed E-state index contributed by atoms with van der Waals surface area (Å²) < 4.78 is 14.5. The molecule has 0 unspecified atom stereocenters. The lowest BCUT2D eigenvalue weighted by molar-refractivity contribution is 0.616. The number of rotatable bonds is 1. The van der Waals surface area contributed by atoms with Crippen molar-refractivity contribution in [2.45, 2.75) is 19.3 Å². The number of fused-ring (bicyclic) bond motifs is 1. The molecule has 2 aromatic rings. The first-order valence-electron chi connectivity index (χ1n) is 5.88. The molecule has 0 aliphatic heterocycles. The summed E-state index contributed by atoms with van der Waals surface area (Å²) in [6, 6.07) is 5.37. The van der Waals surface area contributed by atoms with E-state index in [2.05, 4.69) is 4.98 Å². The molecule has 4 heteroatoms. The second-order valence-corrected chi connectivity index (χ2v) is 4.91. The highest BCUT2D eigenvalue weighted by atomic mass is 35.5. The van der Waals surface area contributed by atoms with Gasteiger partial charge in [-0.2, -0.15) is 0 Å². The number of aryl methyl sites for hydroxylation is 1. The van der Waals surface area contributed by atoms with Gasteiger partial charge in [-0.25, -0.2) is 9.37 Å². The Kier molecular flexibility index (Phi) is 2.71. The highest BCUT2D eigenvalue weighted by molar-refractivity contribution is 6.33. The van der Waals surface area contributed by atoms with E-state index in [0.717, 1.165) is 30.4 Å². The Labute approximate surface area is 110 Å². The van der Waals surface area contributed by atoms with Crippen molar-refractivity contribution in [1.82, 2.24) is 4.98 Å². The minimum atomic E-state index is -0.169. The standard InChI is InChI=1S/C14H12ClFN2/c15-12-7-18-13(17)6-11(12)10-5-4-8-2-1-3-9(8)14(10)16/h4-7H,1-3H2,(H2,17,18). The van der Waals surface area contributed by atoms with Crippen LogP contribution in [0.15, 0.2) is 24.4 Å². The monoisotopic (exact) mass is 262 g/mol. The molecule has 2 N–H and O–H groups in total. The highest BCUT2D eigenvalue weighted by Crippen LogP contribution is 2.35. The van der Waals surface area contributed by atoms with E-state index in [1.807, 2.05) is 6.07 Å². The fourth-order valence-electron chi connectivity index (χ4n) is 2.49. The molecule has 1 aliphatic carbocycles. The lowest BCUT2D eigenvalue weighted by atomic mass is 10.00. The first kappa shape index (κ1) is 11.5. The predicted octanol–water partition coefficient (Wildman–Crippen LogP) is 3.61. The summed E-state index contributed by atoms with van der Waals surface area (Å²) in [7, 11) is 0. The number of nitrogens with two attached hydrogens (primary N) is 1. The van der Waals surface area contributed by atoms with Gasteiger partial charge >= 0.3 is 0 Å². The number of hydrogen-bond acceptors (Lipinski definition) is 2. The molecule has 0 amide bonds. The van der Waals surface area contributed by atoms with E-state index in [1.165, 1.54) is 6.20 Å². The maximum atomic E-state index is 14.5. The molecule has 0 fully saturated rings. The molecule has 1 aromatic heterocycles. The molecule has 0 atom stereocenters. The Morgan fingerprint density at radius 2 is 2.06 bits per heavy atom. The minimum absolute atomic E-state index is 0.169. The molecule has 0 saturated heterocycles. The van der Waals surface area contributed by atoms with Crippen LogP contribution in [0.2, 0.25) is 5.02 Å². The second-order valence-electron chi connectivity index (χ2n) is 4.51. The largest absolute Gasteiger partial charge is 0.384 e. The fourth-order valence-corrected chi connectivity index (χ4v) is 2.70. The molecule has 92 valence electrons. The van der Waals surface area contributed by atoms with Crippen molar-refractivity contribution in [2.24, 2.45) is 0 Å². The molecular formula is C14H12ClFN2. The van der Waals surface area contributed by atoms with Crippen molar-refractivity contribution >= 4 is 17.4 Å². The molecule has 2 nitrogen and oxygen atoms in total. The fraction of sp³-hybridized carbons (Fsp3) is 0.214. The van der Waals surface area contributed by atoms with Crippen molar-refractivity contribution in [2.75, 3.05) is 5.73 Å².